The minimum absolute atomic E-state index is 0.117. The lowest BCUT2D eigenvalue weighted by Crippen LogP contribution is -2.51. The van der Waals surface area contributed by atoms with Crippen LogP contribution in [0.3, 0.4) is 0 Å². The first kappa shape index (κ1) is 42.0. The molecule has 0 spiro atoms. The number of aromatic nitrogens is 4. The number of carbonyl (C=O) groups is 4. The van der Waals surface area contributed by atoms with Crippen LogP contribution in [0.25, 0.3) is 22.5 Å². The van der Waals surface area contributed by atoms with Gasteiger partial charge in [-0.05, 0) is 92.2 Å². The summed E-state index contributed by atoms with van der Waals surface area (Å²) in [6, 6.07) is 11.0. The van der Waals surface area contributed by atoms with Gasteiger partial charge in [0.1, 0.15) is 23.7 Å². The van der Waals surface area contributed by atoms with Crippen molar-refractivity contribution >= 4 is 35.4 Å². The summed E-state index contributed by atoms with van der Waals surface area (Å²) >= 11 is 0. The van der Waals surface area contributed by atoms with Crippen molar-refractivity contribution in [1.82, 2.24) is 40.4 Å². The number of benzene rings is 2. The van der Waals surface area contributed by atoms with E-state index in [1.54, 1.807) is 0 Å². The predicted molar refractivity (Wildman–Crippen MR) is 228 cm³/mol. The van der Waals surface area contributed by atoms with Gasteiger partial charge in [0.15, 0.2) is 0 Å². The molecular formula is C45H57N9O6. The number of allylic oxidation sites excluding steroid dienone is 1. The summed E-state index contributed by atoms with van der Waals surface area (Å²) in [4.78, 5) is 74.0. The highest BCUT2D eigenvalue weighted by molar-refractivity contribution is 5.87. The Kier molecular flexibility index (Phi) is 12.3. The molecule has 2 aromatic carbocycles. The molecule has 15 heteroatoms. The van der Waals surface area contributed by atoms with Crippen molar-refractivity contribution < 1.29 is 28.7 Å². The maximum atomic E-state index is 13.7. The van der Waals surface area contributed by atoms with Gasteiger partial charge < -0.3 is 44.8 Å². The number of amides is 4. The van der Waals surface area contributed by atoms with Gasteiger partial charge in [0, 0.05) is 35.7 Å². The average molecular weight is 820 g/mol. The van der Waals surface area contributed by atoms with Gasteiger partial charge in [-0.3, -0.25) is 9.59 Å². The van der Waals surface area contributed by atoms with Crippen molar-refractivity contribution in [2.45, 2.75) is 97.3 Å². The van der Waals surface area contributed by atoms with E-state index in [1.807, 2.05) is 56.8 Å². The number of ether oxygens (including phenoxy) is 2. The quantitative estimate of drug-likeness (QED) is 0.121. The first-order chi connectivity index (χ1) is 28.8. The molecule has 3 aliphatic heterocycles. The molecule has 2 fully saturated rings. The number of rotatable bonds is 11. The fourth-order valence-corrected chi connectivity index (χ4v) is 8.82. The van der Waals surface area contributed by atoms with Crippen LogP contribution < -0.4 is 15.5 Å². The Bertz CT molecular complexity index is 2260. The van der Waals surface area contributed by atoms with Crippen LogP contribution in [0.2, 0.25) is 0 Å². The maximum Gasteiger partial charge on any atom is 0.407 e. The van der Waals surface area contributed by atoms with Crippen LogP contribution >= 0.6 is 0 Å². The second-order valence-corrected chi connectivity index (χ2v) is 16.7. The fraction of sp³-hybridized carbons (Fsp3) is 0.467. The van der Waals surface area contributed by atoms with Gasteiger partial charge in [-0.25, -0.2) is 19.6 Å². The molecule has 15 nitrogen and oxygen atoms in total. The highest BCUT2D eigenvalue weighted by atomic mass is 16.5. The number of imidazole rings is 2. The van der Waals surface area contributed by atoms with Gasteiger partial charge >= 0.3 is 12.2 Å². The van der Waals surface area contributed by atoms with Crippen molar-refractivity contribution in [2.75, 3.05) is 32.2 Å². The van der Waals surface area contributed by atoms with Gasteiger partial charge in [0.25, 0.3) is 0 Å². The number of likely N-dealkylation sites (tertiary alicyclic amines) is 2. The largest absolute Gasteiger partial charge is 0.453 e. The number of nitrogens with zero attached hydrogens (tertiary/aromatic N) is 5. The van der Waals surface area contributed by atoms with Crippen molar-refractivity contribution in [2.24, 2.45) is 11.8 Å². The third kappa shape index (κ3) is 8.34. The maximum absolute atomic E-state index is 13.7. The summed E-state index contributed by atoms with van der Waals surface area (Å²) in [6.45, 7) is 15.2. The third-order valence-corrected chi connectivity index (χ3v) is 12.0. The Morgan fingerprint density at radius 3 is 1.68 bits per heavy atom. The zero-order chi connectivity index (χ0) is 42.8. The van der Waals surface area contributed by atoms with E-state index >= 15 is 0 Å². The molecule has 4 amide bonds. The van der Waals surface area contributed by atoms with E-state index in [9.17, 15) is 19.2 Å². The molecule has 4 N–H and O–H groups in total. The van der Waals surface area contributed by atoms with Gasteiger partial charge in [-0.2, -0.15) is 0 Å². The lowest BCUT2D eigenvalue weighted by molar-refractivity contribution is -0.136. The topological polar surface area (TPSA) is 178 Å². The highest BCUT2D eigenvalue weighted by Gasteiger charge is 2.39. The summed E-state index contributed by atoms with van der Waals surface area (Å²) in [5.41, 5.74) is 9.02. The number of fused-ring (bicyclic) bond motifs is 2. The van der Waals surface area contributed by atoms with E-state index < -0.39 is 24.3 Å². The van der Waals surface area contributed by atoms with Crippen LogP contribution in [-0.2, 0) is 31.9 Å². The zero-order valence-corrected chi connectivity index (χ0v) is 35.6. The Labute approximate surface area is 351 Å². The Morgan fingerprint density at radius 2 is 1.20 bits per heavy atom. The molecule has 60 heavy (non-hydrogen) atoms. The number of alkyl carbamates (subject to hydrolysis) is 2. The SMILES string of the molecule is C=C(C)N1c2ccc(-c3cnc([C@@H]4CCCN4C(=O)[C@@H](NC(=O)OC)C(C)C)[nH]3)cc2CCc2ccc(-c3cnc([C@@H]4CCCN4C(=O)[C@@H](NC(=O)OC)C(C)C)[nH]3)cc21. The first-order valence-corrected chi connectivity index (χ1v) is 20.9. The number of aromatic amines is 2. The summed E-state index contributed by atoms with van der Waals surface area (Å²) in [7, 11) is 2.59. The monoisotopic (exact) mass is 819 g/mol. The number of aryl methyl sites for hydroxylation is 2. The normalized spacial score (nSPS) is 18.4. The zero-order valence-electron chi connectivity index (χ0n) is 35.6. The average Bonchev–Trinajstić information content (AvgIpc) is 4.07. The second kappa shape index (κ2) is 17.6. The fourth-order valence-electron chi connectivity index (χ4n) is 8.82. The molecule has 0 aliphatic carbocycles. The van der Waals surface area contributed by atoms with Crippen molar-refractivity contribution in [3.8, 4) is 22.5 Å². The van der Waals surface area contributed by atoms with E-state index in [1.165, 1.54) is 25.3 Å². The predicted octanol–water partition coefficient (Wildman–Crippen LogP) is 7.33. The highest BCUT2D eigenvalue weighted by Crippen LogP contribution is 2.42. The van der Waals surface area contributed by atoms with E-state index in [-0.39, 0.29) is 35.7 Å². The van der Waals surface area contributed by atoms with Crippen molar-refractivity contribution in [3.05, 3.63) is 83.8 Å². The number of methoxy groups -OCH3 is 2. The van der Waals surface area contributed by atoms with Crippen LogP contribution in [0.4, 0.5) is 21.0 Å². The smallest absolute Gasteiger partial charge is 0.407 e. The number of hydrogen-bond acceptors (Lipinski definition) is 9. The lowest BCUT2D eigenvalue weighted by Gasteiger charge is -2.30. The van der Waals surface area contributed by atoms with Crippen LogP contribution in [0.15, 0.2) is 61.1 Å². The summed E-state index contributed by atoms with van der Waals surface area (Å²) in [5.74, 6) is 0.908. The van der Waals surface area contributed by atoms with Crippen LogP contribution in [-0.4, -0.2) is 93.1 Å². The Morgan fingerprint density at radius 1 is 0.717 bits per heavy atom. The number of H-pyrrole nitrogens is 2. The molecule has 5 heterocycles. The first-order valence-electron chi connectivity index (χ1n) is 20.9. The molecule has 2 saturated heterocycles. The molecule has 0 unspecified atom stereocenters. The molecule has 318 valence electrons. The van der Waals surface area contributed by atoms with Crippen LogP contribution in [0, 0.1) is 11.8 Å². The third-order valence-electron chi connectivity index (χ3n) is 12.0. The van der Waals surface area contributed by atoms with E-state index in [0.29, 0.717) is 18.9 Å². The van der Waals surface area contributed by atoms with Crippen molar-refractivity contribution in [3.63, 3.8) is 0 Å². The van der Waals surface area contributed by atoms with Crippen molar-refractivity contribution in [1.29, 1.82) is 0 Å². The summed E-state index contributed by atoms with van der Waals surface area (Å²) in [5, 5.41) is 5.43. The molecular weight excluding hydrogens is 763 g/mol. The minimum Gasteiger partial charge on any atom is -0.453 e. The molecule has 3 aliphatic rings. The minimum atomic E-state index is -0.705. The number of anilines is 2. The lowest BCUT2D eigenvalue weighted by atomic mass is 10.0. The molecule has 0 radical (unpaired) electrons. The summed E-state index contributed by atoms with van der Waals surface area (Å²) < 4.78 is 9.58. The molecule has 4 aromatic rings. The second-order valence-electron chi connectivity index (χ2n) is 16.7. The molecule has 4 atom stereocenters. The molecule has 7 rings (SSSR count). The van der Waals surface area contributed by atoms with E-state index in [2.05, 4.69) is 68.5 Å². The molecule has 2 aromatic heterocycles. The van der Waals surface area contributed by atoms with E-state index in [0.717, 1.165) is 83.9 Å². The number of hydrogen-bond donors (Lipinski definition) is 4. The number of carbonyl (C=O) groups excluding carboxylic acids is 4. The standard InChI is InChI=1S/C45H57N9O6/c1-25(2)38(50-44(57)59-7)42(55)52-19-9-11-35(52)40-46-23-32(48-40)29-17-18-34-31(21-29)16-14-28-13-15-30(22-37(28)54(34)27(5)6)33-24-47-41(49-33)36-12-10-20-53(36)43(56)39(26(3)4)51-45(58)60-8/h13,15,17-18,21-26,35-36,38-39H,5,9-12,14,16,19-20H2,1-4,6-8H3,(H,46,48)(H,47,49)(H,50,57)(H,51,58)/t35-,36-,38-,39-/m0/s1. The van der Waals surface area contributed by atoms with Gasteiger partial charge in [-0.15, -0.1) is 0 Å². The van der Waals surface area contributed by atoms with Gasteiger partial charge in [0.05, 0.1) is 50.1 Å². The Hall–Kier alpha value is -6.12. The van der Waals surface area contributed by atoms with Gasteiger partial charge in [-0.1, -0.05) is 52.5 Å². The van der Waals surface area contributed by atoms with Gasteiger partial charge in [0.2, 0.25) is 11.8 Å². The Balaban J connectivity index is 1.11. The van der Waals surface area contributed by atoms with Crippen LogP contribution in [0.1, 0.15) is 95.2 Å². The van der Waals surface area contributed by atoms with Crippen LogP contribution in [0.5, 0.6) is 0 Å². The number of nitrogens with one attached hydrogen (secondary N) is 4. The molecule has 0 saturated carbocycles. The summed E-state index contributed by atoms with van der Waals surface area (Å²) in [6.07, 6.45) is 7.25. The van der Waals surface area contributed by atoms with E-state index in [4.69, 9.17) is 19.4 Å². The molecule has 0 bridgehead atoms.